The lowest BCUT2D eigenvalue weighted by atomic mass is 9.78. The van der Waals surface area contributed by atoms with Crippen molar-refractivity contribution >= 4 is 35.5 Å². The van der Waals surface area contributed by atoms with E-state index in [1.165, 1.54) is 23.6 Å². The number of carbonyl (C=O) groups excluding carboxylic acids is 3. The van der Waals surface area contributed by atoms with E-state index in [1.807, 2.05) is 0 Å². The Morgan fingerprint density at radius 2 is 2.08 bits per heavy atom. The van der Waals surface area contributed by atoms with Crippen molar-refractivity contribution in [2.45, 2.75) is 56.2 Å². The van der Waals surface area contributed by atoms with Crippen molar-refractivity contribution in [2.75, 3.05) is 32.8 Å². The van der Waals surface area contributed by atoms with Gasteiger partial charge in [-0.05, 0) is 13.3 Å². The third-order valence-corrected chi connectivity index (χ3v) is 8.81. The lowest BCUT2D eigenvalue weighted by Crippen LogP contribution is -2.66. The van der Waals surface area contributed by atoms with E-state index < -0.39 is 48.3 Å². The van der Waals surface area contributed by atoms with E-state index in [0.717, 1.165) is 0 Å². The van der Waals surface area contributed by atoms with E-state index in [2.05, 4.69) is 10.6 Å². The van der Waals surface area contributed by atoms with Gasteiger partial charge in [0.05, 0.1) is 30.7 Å². The van der Waals surface area contributed by atoms with Gasteiger partial charge in [0.25, 0.3) is 5.91 Å². The van der Waals surface area contributed by atoms with Crippen molar-refractivity contribution in [1.82, 2.24) is 20.4 Å². The van der Waals surface area contributed by atoms with Gasteiger partial charge in [-0.1, -0.05) is 6.92 Å². The van der Waals surface area contributed by atoms with Crippen LogP contribution in [0.5, 0.6) is 0 Å². The number of fused-ring (bicyclic) bond motifs is 1. The van der Waals surface area contributed by atoms with Gasteiger partial charge in [0.1, 0.15) is 5.70 Å². The van der Waals surface area contributed by atoms with Crippen LogP contribution in [-0.4, -0.2) is 107 Å². The zero-order valence-electron chi connectivity index (χ0n) is 20.0. The molecule has 3 fully saturated rings. The van der Waals surface area contributed by atoms with E-state index >= 15 is 0 Å². The molecule has 4 aliphatic heterocycles. The zero-order valence-corrected chi connectivity index (χ0v) is 20.8. The van der Waals surface area contributed by atoms with Gasteiger partial charge in [-0.3, -0.25) is 14.4 Å². The first-order valence-electron chi connectivity index (χ1n) is 11.9. The second-order valence-electron chi connectivity index (χ2n) is 9.58. The minimum Gasteiger partial charge on any atom is -0.477 e. The summed E-state index contributed by atoms with van der Waals surface area (Å²) >= 11 is 1.33. The molecule has 0 bridgehead atoms. The quantitative estimate of drug-likeness (QED) is 0.294. The number of nitrogens with two attached hydrogens (primary N) is 1. The first kappa shape index (κ1) is 26.8. The Kier molecular flexibility index (Phi) is 7.88. The number of alkyl halides is 2. The molecule has 3 amide bonds. The highest BCUT2D eigenvalue weighted by atomic mass is 32.2. The fraction of sp³-hybridized carbons (Fsp3) is 0.727. The Bertz CT molecular complexity index is 967. The fourth-order valence-corrected chi connectivity index (χ4v) is 7.00. The van der Waals surface area contributed by atoms with Gasteiger partial charge in [0.15, 0.2) is 0 Å². The smallest absolute Gasteiger partial charge is 0.353 e. The lowest BCUT2D eigenvalue weighted by Gasteiger charge is -2.47. The van der Waals surface area contributed by atoms with Gasteiger partial charge in [-0.2, -0.15) is 8.78 Å². The first-order chi connectivity index (χ1) is 17.0. The number of rotatable bonds is 8. The number of nitrogens with one attached hydrogen (secondary N) is 2. The van der Waals surface area contributed by atoms with Gasteiger partial charge >= 0.3 is 12.4 Å². The number of carbonyl (C=O) groups is 4. The monoisotopic (exact) mass is 531 g/mol. The minimum absolute atomic E-state index is 0.0468. The highest BCUT2D eigenvalue weighted by Gasteiger charge is 2.60. The molecule has 4 heterocycles. The summed E-state index contributed by atoms with van der Waals surface area (Å²) in [5, 5.41) is 15.2. The molecule has 0 aromatic carbocycles. The summed E-state index contributed by atoms with van der Waals surface area (Å²) in [7, 11) is 0. The summed E-state index contributed by atoms with van der Waals surface area (Å²) < 4.78 is 30.9. The highest BCUT2D eigenvalue weighted by Crippen LogP contribution is 2.51. The molecule has 200 valence electrons. The average Bonchev–Trinajstić information content (AvgIpc) is 3.40. The van der Waals surface area contributed by atoms with Crippen LogP contribution in [0.2, 0.25) is 0 Å². The van der Waals surface area contributed by atoms with Crippen molar-refractivity contribution in [3.05, 3.63) is 10.6 Å². The molecule has 0 spiro atoms. The molecule has 14 heteroatoms. The number of halogens is 2. The van der Waals surface area contributed by atoms with Crippen LogP contribution in [0, 0.1) is 11.8 Å². The van der Waals surface area contributed by atoms with Crippen molar-refractivity contribution in [2.24, 2.45) is 17.6 Å². The molecule has 1 unspecified atom stereocenters. The summed E-state index contributed by atoms with van der Waals surface area (Å²) in [6.45, 7) is 5.41. The molecule has 7 atom stereocenters. The second kappa shape index (κ2) is 10.6. The number of aliphatic carboxylic acids is 1. The number of nitrogens with zero attached hydrogens (tertiary/aromatic N) is 2. The number of hydrogen-bond donors (Lipinski definition) is 4. The largest absolute Gasteiger partial charge is 0.477 e. The Morgan fingerprint density at radius 3 is 2.72 bits per heavy atom. The third kappa shape index (κ3) is 4.83. The third-order valence-electron chi connectivity index (χ3n) is 7.29. The maximum atomic E-state index is 13.0. The van der Waals surface area contributed by atoms with Crippen LogP contribution in [0.3, 0.4) is 0 Å². The van der Waals surface area contributed by atoms with Crippen molar-refractivity contribution in [1.29, 1.82) is 0 Å². The Hall–Kier alpha value is -2.29. The van der Waals surface area contributed by atoms with Gasteiger partial charge < -0.3 is 36.0 Å². The van der Waals surface area contributed by atoms with Crippen LogP contribution in [-0.2, 0) is 23.9 Å². The Balaban J connectivity index is 1.42. The summed E-state index contributed by atoms with van der Waals surface area (Å²) in [5.41, 5.74) is 5.56. The molecule has 5 N–H and O–H groups in total. The van der Waals surface area contributed by atoms with Crippen LogP contribution in [0.15, 0.2) is 10.6 Å². The van der Waals surface area contributed by atoms with Crippen LogP contribution >= 0.6 is 11.8 Å². The summed E-state index contributed by atoms with van der Waals surface area (Å²) in [6.07, 6.45) is -2.91. The predicted molar refractivity (Wildman–Crippen MR) is 125 cm³/mol. The van der Waals surface area contributed by atoms with Gasteiger partial charge in [0.2, 0.25) is 11.8 Å². The molecule has 3 saturated heterocycles. The highest BCUT2D eigenvalue weighted by molar-refractivity contribution is 8.03. The topological polar surface area (TPSA) is 154 Å². The summed E-state index contributed by atoms with van der Waals surface area (Å²) in [5.74, 6) is -4.44. The zero-order chi connectivity index (χ0) is 26.3. The van der Waals surface area contributed by atoms with Gasteiger partial charge in [-0.25, -0.2) is 4.79 Å². The van der Waals surface area contributed by atoms with E-state index in [9.17, 15) is 33.1 Å². The SMILES string of the molecule is CC(NC(=O)C(F)F)[C@H]1C(=O)N2C(C(=O)O)=C(S[C@@H]3CN[C@H](C(=O)N4CCO[C@@H](CN)C4)C3)[C@H](C)[C@H]12. The van der Waals surface area contributed by atoms with E-state index in [4.69, 9.17) is 10.5 Å². The predicted octanol–water partition coefficient (Wildman–Crippen LogP) is -0.821. The molecular formula is C22H31F2N5O6S. The Morgan fingerprint density at radius 1 is 1.36 bits per heavy atom. The van der Waals surface area contributed by atoms with Crippen molar-refractivity contribution < 1.29 is 37.8 Å². The average molecular weight is 532 g/mol. The van der Waals surface area contributed by atoms with Crippen LogP contribution in [0.4, 0.5) is 8.78 Å². The normalized spacial score (nSPS) is 33.0. The molecular weight excluding hydrogens is 500 g/mol. The number of ether oxygens (including phenoxy) is 1. The molecule has 0 saturated carbocycles. The summed E-state index contributed by atoms with van der Waals surface area (Å²) in [4.78, 5) is 52.9. The maximum Gasteiger partial charge on any atom is 0.353 e. The van der Waals surface area contributed by atoms with Crippen molar-refractivity contribution in [3.8, 4) is 0 Å². The molecule has 0 aromatic heterocycles. The second-order valence-corrected chi connectivity index (χ2v) is 10.9. The molecule has 0 radical (unpaired) electrons. The van der Waals surface area contributed by atoms with Crippen LogP contribution < -0.4 is 16.4 Å². The fourth-order valence-electron chi connectivity index (χ4n) is 5.52. The summed E-state index contributed by atoms with van der Waals surface area (Å²) in [6, 6.07) is -1.84. The number of β-lactam (4-membered cyclic amide) rings is 1. The molecule has 36 heavy (non-hydrogen) atoms. The van der Waals surface area contributed by atoms with Crippen molar-refractivity contribution in [3.63, 3.8) is 0 Å². The number of thioether (sulfide) groups is 1. The maximum absolute atomic E-state index is 13.0. The van der Waals surface area contributed by atoms with Gasteiger partial charge in [-0.15, -0.1) is 11.8 Å². The van der Waals surface area contributed by atoms with Crippen LogP contribution in [0.25, 0.3) is 0 Å². The number of amides is 3. The molecule has 0 aromatic rings. The van der Waals surface area contributed by atoms with E-state index in [1.54, 1.807) is 11.8 Å². The number of carboxylic acids is 1. The Labute approximate surface area is 211 Å². The minimum atomic E-state index is -3.21. The van der Waals surface area contributed by atoms with Gasteiger partial charge in [0, 0.05) is 48.3 Å². The standard InChI is InChI=1S/C22H31F2N5O6S/c1-9-15-14(10(2)27-19(30)18(23)24)21(32)29(15)16(22(33)34)17(9)36-12-5-13(26-7-12)20(31)28-3-4-35-11(6-25)8-28/h9-15,18,26H,3-8,25H2,1-2H3,(H,27,30)(H,33,34)/t9-,10?,11+,12+,13+,14-,15-/m1/s1. The molecule has 11 nitrogen and oxygen atoms in total. The number of hydrogen-bond acceptors (Lipinski definition) is 8. The van der Waals surface area contributed by atoms with Crippen LogP contribution in [0.1, 0.15) is 20.3 Å². The number of morpholine rings is 1. The number of carboxylic acid groups (broad SMARTS) is 1. The lowest BCUT2D eigenvalue weighted by molar-refractivity contribution is -0.159. The first-order valence-corrected chi connectivity index (χ1v) is 12.8. The molecule has 4 aliphatic rings. The van der Waals surface area contributed by atoms with E-state index in [-0.39, 0.29) is 28.9 Å². The van der Waals surface area contributed by atoms with E-state index in [0.29, 0.717) is 44.1 Å². The molecule has 0 aliphatic carbocycles. The molecule has 4 rings (SSSR count).